The van der Waals surface area contributed by atoms with Crippen molar-refractivity contribution in [2.24, 2.45) is 0 Å². The summed E-state index contributed by atoms with van der Waals surface area (Å²) in [4.78, 5) is 5.25. The predicted molar refractivity (Wildman–Crippen MR) is 107 cm³/mol. The van der Waals surface area contributed by atoms with Crippen molar-refractivity contribution < 1.29 is 4.74 Å². The fourth-order valence-electron chi connectivity index (χ4n) is 2.92. The van der Waals surface area contributed by atoms with Crippen LogP contribution >= 0.6 is 11.3 Å². The molecule has 0 unspecified atom stereocenters. The zero-order valence-corrected chi connectivity index (χ0v) is 14.9. The zero-order valence-electron chi connectivity index (χ0n) is 14.0. The first-order valence-electron chi connectivity index (χ1n) is 7.97. The number of nitrogens with zero attached hydrogens (tertiary/aromatic N) is 1. The molecule has 126 valence electrons. The minimum absolute atomic E-state index is 0.465. The SMILES string of the molecule is COc1ncc#cc1-c1cc(C=N)c(N)c(-c2cc3ccccc3s2)c1. The molecule has 4 aromatic rings. The largest absolute Gasteiger partial charge is 0.480 e. The average Bonchev–Trinajstić information content (AvgIpc) is 3.12. The van der Waals surface area contributed by atoms with E-state index in [2.05, 4.69) is 35.3 Å². The molecule has 0 atom stereocenters. The Kier molecular flexibility index (Phi) is 4.04. The van der Waals surface area contributed by atoms with Crippen LogP contribution < -0.4 is 10.5 Å². The number of nitrogens with two attached hydrogens (primary N) is 1. The lowest BCUT2D eigenvalue weighted by atomic mass is 9.98. The van der Waals surface area contributed by atoms with Crippen LogP contribution in [0, 0.1) is 17.5 Å². The van der Waals surface area contributed by atoms with Crippen LogP contribution in [-0.4, -0.2) is 18.3 Å². The molecule has 0 spiro atoms. The number of thiophene rings is 1. The van der Waals surface area contributed by atoms with Crippen LogP contribution in [0.5, 0.6) is 5.88 Å². The van der Waals surface area contributed by atoms with Gasteiger partial charge in [-0.3, -0.25) is 0 Å². The Hall–Kier alpha value is -3.36. The van der Waals surface area contributed by atoms with Gasteiger partial charge in [0.2, 0.25) is 5.88 Å². The van der Waals surface area contributed by atoms with Crippen molar-refractivity contribution in [3.63, 3.8) is 0 Å². The Morgan fingerprint density at radius 2 is 2.08 bits per heavy atom. The van der Waals surface area contributed by atoms with E-state index >= 15 is 0 Å². The molecule has 4 nitrogen and oxygen atoms in total. The van der Waals surface area contributed by atoms with Gasteiger partial charge in [-0.15, -0.1) is 11.3 Å². The summed E-state index contributed by atoms with van der Waals surface area (Å²) in [5.74, 6) is 0.465. The molecular weight excluding hydrogens is 342 g/mol. The number of rotatable bonds is 4. The number of fused-ring (bicyclic) bond motifs is 1. The van der Waals surface area contributed by atoms with Gasteiger partial charge in [0.05, 0.1) is 18.9 Å². The first-order chi connectivity index (χ1) is 12.7. The fraction of sp³-hybridized carbons (Fsp3) is 0.0476. The number of aromatic nitrogens is 1. The summed E-state index contributed by atoms with van der Waals surface area (Å²) in [5.41, 5.74) is 10.0. The molecule has 0 aliphatic carbocycles. The zero-order chi connectivity index (χ0) is 18.1. The normalized spacial score (nSPS) is 10.5. The van der Waals surface area contributed by atoms with Crippen molar-refractivity contribution in [2.75, 3.05) is 12.8 Å². The second-order valence-electron chi connectivity index (χ2n) is 5.73. The molecule has 0 radical (unpaired) electrons. The molecule has 2 heterocycles. The van der Waals surface area contributed by atoms with E-state index in [4.69, 9.17) is 15.9 Å². The Morgan fingerprint density at radius 1 is 1.23 bits per heavy atom. The molecule has 3 N–H and O–H groups in total. The third-order valence-electron chi connectivity index (χ3n) is 4.20. The van der Waals surface area contributed by atoms with Crippen LogP contribution in [0.3, 0.4) is 0 Å². The molecule has 0 saturated heterocycles. The summed E-state index contributed by atoms with van der Waals surface area (Å²) in [5, 5.41) is 8.92. The second kappa shape index (κ2) is 6.51. The highest BCUT2D eigenvalue weighted by atomic mass is 32.1. The summed E-state index contributed by atoms with van der Waals surface area (Å²) in [6.45, 7) is 0. The van der Waals surface area contributed by atoms with Crippen LogP contribution in [0.15, 0.2) is 48.7 Å². The topological polar surface area (TPSA) is 72.0 Å². The molecule has 2 aromatic heterocycles. The van der Waals surface area contributed by atoms with Gasteiger partial charge in [-0.25, -0.2) is 4.98 Å². The Morgan fingerprint density at radius 3 is 2.85 bits per heavy atom. The van der Waals surface area contributed by atoms with E-state index in [1.165, 1.54) is 22.5 Å². The van der Waals surface area contributed by atoms with Gasteiger partial charge in [-0.05, 0) is 41.3 Å². The number of nitrogen functional groups attached to an aromatic ring is 1. The van der Waals surface area contributed by atoms with Crippen LogP contribution in [-0.2, 0) is 0 Å². The van der Waals surface area contributed by atoms with E-state index < -0.39 is 0 Å². The van der Waals surface area contributed by atoms with Gasteiger partial charge in [0.25, 0.3) is 0 Å². The number of hydrogen-bond acceptors (Lipinski definition) is 5. The van der Waals surface area contributed by atoms with E-state index in [0.29, 0.717) is 22.7 Å². The van der Waals surface area contributed by atoms with E-state index in [9.17, 15) is 0 Å². The second-order valence-corrected chi connectivity index (χ2v) is 6.82. The van der Waals surface area contributed by atoms with Crippen LogP contribution in [0.4, 0.5) is 5.69 Å². The maximum atomic E-state index is 7.74. The van der Waals surface area contributed by atoms with Crippen LogP contribution in [0.2, 0.25) is 0 Å². The third-order valence-corrected chi connectivity index (χ3v) is 5.35. The highest BCUT2D eigenvalue weighted by Gasteiger charge is 2.15. The van der Waals surface area contributed by atoms with Gasteiger partial charge in [-0.1, -0.05) is 24.3 Å². The van der Waals surface area contributed by atoms with Crippen molar-refractivity contribution >= 4 is 33.3 Å². The lowest BCUT2D eigenvalue weighted by Crippen LogP contribution is -1.98. The van der Waals surface area contributed by atoms with E-state index in [1.807, 2.05) is 24.3 Å². The minimum atomic E-state index is 0.465. The van der Waals surface area contributed by atoms with Gasteiger partial charge in [-0.2, -0.15) is 0 Å². The number of hydrogen-bond donors (Lipinski definition) is 2. The Bertz CT molecular complexity index is 1080. The van der Waals surface area contributed by atoms with Gasteiger partial charge in [0, 0.05) is 32.6 Å². The maximum Gasteiger partial charge on any atom is 0.230 e. The molecule has 0 aliphatic rings. The highest BCUT2D eigenvalue weighted by molar-refractivity contribution is 7.22. The number of anilines is 1. The summed E-state index contributed by atoms with van der Waals surface area (Å²) in [7, 11) is 1.57. The van der Waals surface area contributed by atoms with Crippen molar-refractivity contribution in [1.82, 2.24) is 4.98 Å². The fourth-order valence-corrected chi connectivity index (χ4v) is 4.01. The minimum Gasteiger partial charge on any atom is -0.480 e. The third kappa shape index (κ3) is 2.67. The smallest absolute Gasteiger partial charge is 0.230 e. The van der Waals surface area contributed by atoms with Gasteiger partial charge >= 0.3 is 0 Å². The number of ether oxygens (including phenoxy) is 1. The van der Waals surface area contributed by atoms with Gasteiger partial charge in [0.1, 0.15) is 0 Å². The molecule has 0 bridgehead atoms. The predicted octanol–water partition coefficient (Wildman–Crippen LogP) is 4.82. The summed E-state index contributed by atoms with van der Waals surface area (Å²) >= 11 is 1.68. The quantitative estimate of drug-likeness (QED) is 0.406. The highest BCUT2D eigenvalue weighted by Crippen LogP contribution is 2.40. The molecule has 0 saturated carbocycles. The molecule has 0 aliphatic heterocycles. The Labute approximate surface area is 155 Å². The number of benzene rings is 2. The Balaban J connectivity index is 1.96. The average molecular weight is 357 g/mol. The van der Waals surface area contributed by atoms with E-state index in [0.717, 1.165) is 16.0 Å². The summed E-state index contributed by atoms with van der Waals surface area (Å²) < 4.78 is 6.55. The molecule has 0 fully saturated rings. The lowest BCUT2D eigenvalue weighted by Gasteiger charge is -2.11. The van der Waals surface area contributed by atoms with Crippen molar-refractivity contribution in [3.8, 4) is 27.4 Å². The van der Waals surface area contributed by atoms with Crippen LogP contribution in [0.25, 0.3) is 31.7 Å². The molecule has 26 heavy (non-hydrogen) atoms. The van der Waals surface area contributed by atoms with Gasteiger partial charge in [0.15, 0.2) is 0 Å². The van der Waals surface area contributed by atoms with E-state index in [-0.39, 0.29) is 0 Å². The molecular formula is C21H15N3OS. The van der Waals surface area contributed by atoms with Crippen molar-refractivity contribution in [1.29, 1.82) is 5.41 Å². The van der Waals surface area contributed by atoms with Gasteiger partial charge < -0.3 is 15.9 Å². The molecule has 4 rings (SSSR count). The van der Waals surface area contributed by atoms with Crippen molar-refractivity contribution in [3.05, 3.63) is 66.4 Å². The number of nitrogens with one attached hydrogen (secondary N) is 1. The monoisotopic (exact) mass is 357 g/mol. The summed E-state index contributed by atoms with van der Waals surface area (Å²) in [6, 6.07) is 20.1. The number of methoxy groups -OCH3 is 1. The van der Waals surface area contributed by atoms with Crippen LogP contribution in [0.1, 0.15) is 5.56 Å². The molecule has 5 heteroatoms. The first kappa shape index (κ1) is 16.1. The molecule has 0 amide bonds. The maximum absolute atomic E-state index is 7.74. The standard InChI is InChI=1S/C21H15N3OS/c1-25-21-16(6-4-8-24-21)14-9-15(12-22)20(23)17(10-14)19-11-13-5-2-3-7-18(13)26-19/h2-3,5,7-12,22H,23H2,1H3. The van der Waals surface area contributed by atoms with Crippen molar-refractivity contribution in [2.45, 2.75) is 0 Å². The first-order valence-corrected chi connectivity index (χ1v) is 8.78. The lowest BCUT2D eigenvalue weighted by molar-refractivity contribution is 0.400. The van der Waals surface area contributed by atoms with E-state index in [1.54, 1.807) is 18.4 Å². The summed E-state index contributed by atoms with van der Waals surface area (Å²) in [6.07, 6.45) is 2.78. The molecule has 2 aromatic carbocycles.